The molecule has 0 spiro atoms. The van der Waals surface area contributed by atoms with E-state index in [1.807, 2.05) is 52.2 Å². The maximum absolute atomic E-state index is 13.0. The smallest absolute Gasteiger partial charge is 0.253 e. The summed E-state index contributed by atoms with van der Waals surface area (Å²) in [7, 11) is 0. The molecule has 1 aliphatic heterocycles. The first kappa shape index (κ1) is 22.1. The lowest BCUT2D eigenvalue weighted by molar-refractivity contribution is -0.0167. The summed E-state index contributed by atoms with van der Waals surface area (Å²) in [6, 6.07) is 13.6. The number of benzene rings is 2. The van der Waals surface area contributed by atoms with E-state index < -0.39 is 5.60 Å². The number of amides is 1. The van der Waals surface area contributed by atoms with E-state index in [2.05, 4.69) is 20.8 Å². The number of anilines is 2. The average molecular weight is 498 g/mol. The van der Waals surface area contributed by atoms with Crippen LogP contribution in [0.4, 0.5) is 10.8 Å². The maximum Gasteiger partial charge on any atom is 0.253 e. The van der Waals surface area contributed by atoms with Crippen LogP contribution in [-0.4, -0.2) is 44.6 Å². The molecule has 2 aromatic carbocycles. The minimum Gasteiger partial charge on any atom is -0.389 e. The van der Waals surface area contributed by atoms with Crippen LogP contribution in [0.25, 0.3) is 10.2 Å². The Kier molecular flexibility index (Phi) is 6.24. The fraction of sp³-hybridized carbons (Fsp3) is 0.261. The van der Waals surface area contributed by atoms with Crippen LogP contribution in [0, 0.1) is 0 Å². The van der Waals surface area contributed by atoms with Crippen LogP contribution >= 0.6 is 34.6 Å². The summed E-state index contributed by atoms with van der Waals surface area (Å²) in [5.74, 6) is -0.0126. The highest BCUT2D eigenvalue weighted by Gasteiger charge is 2.35. The van der Waals surface area contributed by atoms with Crippen LogP contribution in [0.2, 0.25) is 0 Å². The number of carbonyl (C=O) groups excluding carboxylic acids is 1. The van der Waals surface area contributed by atoms with Crippen LogP contribution in [0.5, 0.6) is 0 Å². The fourth-order valence-electron chi connectivity index (χ4n) is 3.96. The van der Waals surface area contributed by atoms with Gasteiger partial charge in [-0.3, -0.25) is 4.79 Å². The monoisotopic (exact) mass is 497 g/mol. The molecule has 0 atom stereocenters. The van der Waals surface area contributed by atoms with Crippen molar-refractivity contribution < 1.29 is 9.90 Å². The minimum atomic E-state index is -0.845. The number of nitrogens with one attached hydrogen (secondary N) is 1. The normalized spacial score (nSPS) is 15.6. The summed E-state index contributed by atoms with van der Waals surface area (Å²) in [4.78, 5) is 24.5. The molecule has 1 fully saturated rings. The topological polar surface area (TPSA) is 104 Å². The van der Waals surface area contributed by atoms with Gasteiger partial charge in [0.15, 0.2) is 5.13 Å². The van der Waals surface area contributed by atoms with Gasteiger partial charge in [-0.15, -0.1) is 22.7 Å². The second kappa shape index (κ2) is 9.30. The molecule has 4 N–H and O–H groups in total. The second-order valence-corrected chi connectivity index (χ2v) is 10.7. The number of fused-ring (bicyclic) bond motifs is 1. The van der Waals surface area contributed by atoms with Gasteiger partial charge in [-0.25, -0.2) is 9.97 Å². The quantitative estimate of drug-likeness (QED) is 0.333. The molecular formula is C23H23N5O2S3. The summed E-state index contributed by atoms with van der Waals surface area (Å²) in [6.07, 6.45) is 1.51. The summed E-state index contributed by atoms with van der Waals surface area (Å²) in [5.41, 5.74) is 10.1. The third-order valence-corrected chi connectivity index (χ3v) is 8.20. The van der Waals surface area contributed by atoms with Gasteiger partial charge < -0.3 is 20.5 Å². The Morgan fingerprint density at radius 1 is 1.18 bits per heavy atom. The van der Waals surface area contributed by atoms with Gasteiger partial charge in [-0.2, -0.15) is 0 Å². The molecule has 3 heterocycles. The van der Waals surface area contributed by atoms with Crippen molar-refractivity contribution in [3.8, 4) is 0 Å². The third-order valence-electron chi connectivity index (χ3n) is 5.80. The van der Waals surface area contributed by atoms with Crippen LogP contribution in [0.1, 0.15) is 28.9 Å². The van der Waals surface area contributed by atoms with Crippen molar-refractivity contribution in [2.24, 2.45) is 0 Å². The molecule has 4 aromatic rings. The van der Waals surface area contributed by atoms with Crippen molar-refractivity contribution in [1.29, 1.82) is 0 Å². The van der Waals surface area contributed by atoms with E-state index in [-0.39, 0.29) is 5.91 Å². The number of aromatic nitrogens is 2. The summed E-state index contributed by atoms with van der Waals surface area (Å²) < 4.78 is 4.49. The first-order valence-corrected chi connectivity index (χ1v) is 13.1. The van der Waals surface area contributed by atoms with Gasteiger partial charge in [0.1, 0.15) is 0 Å². The first-order valence-electron chi connectivity index (χ1n) is 10.6. The van der Waals surface area contributed by atoms with Crippen molar-refractivity contribution >= 4 is 61.6 Å². The van der Waals surface area contributed by atoms with Gasteiger partial charge in [-0.1, -0.05) is 6.07 Å². The van der Waals surface area contributed by atoms with E-state index in [1.165, 1.54) is 23.3 Å². The molecule has 1 amide bonds. The van der Waals surface area contributed by atoms with Gasteiger partial charge >= 0.3 is 0 Å². The van der Waals surface area contributed by atoms with E-state index >= 15 is 0 Å². The molecule has 0 unspecified atom stereocenters. The Labute approximate surface area is 203 Å². The number of hydrogen-bond acceptors (Lipinski definition) is 9. The number of aliphatic hydroxyl groups is 1. The average Bonchev–Trinajstić information content (AvgIpc) is 3.47. The molecule has 0 aliphatic carbocycles. The van der Waals surface area contributed by atoms with Crippen LogP contribution in [0.3, 0.4) is 0 Å². The zero-order valence-electron chi connectivity index (χ0n) is 17.7. The van der Waals surface area contributed by atoms with Crippen molar-refractivity contribution in [2.75, 3.05) is 23.5 Å². The Balaban J connectivity index is 1.16. The number of likely N-dealkylation sites (tertiary alicyclic amines) is 1. The summed E-state index contributed by atoms with van der Waals surface area (Å²) in [5, 5.41) is 13.3. The number of para-hydroxylation sites is 1. The molecule has 0 radical (unpaired) electrons. The zero-order chi connectivity index (χ0) is 22.8. The van der Waals surface area contributed by atoms with Gasteiger partial charge in [0.05, 0.1) is 31.9 Å². The molecule has 5 rings (SSSR count). The van der Waals surface area contributed by atoms with Crippen molar-refractivity contribution in [3.63, 3.8) is 0 Å². The molecule has 7 nitrogen and oxygen atoms in total. The molecule has 0 bridgehead atoms. The van der Waals surface area contributed by atoms with Gasteiger partial charge in [-0.05, 0) is 61.2 Å². The summed E-state index contributed by atoms with van der Waals surface area (Å²) >= 11 is 4.52. The van der Waals surface area contributed by atoms with Gasteiger partial charge in [0, 0.05) is 36.1 Å². The zero-order valence-corrected chi connectivity index (χ0v) is 20.2. The number of hydrogen-bond donors (Lipinski definition) is 3. The predicted molar refractivity (Wildman–Crippen MR) is 136 cm³/mol. The largest absolute Gasteiger partial charge is 0.389 e. The number of nitrogens with zero attached hydrogens (tertiary/aromatic N) is 3. The number of carbonyl (C=O) groups is 1. The molecule has 33 heavy (non-hydrogen) atoms. The summed E-state index contributed by atoms with van der Waals surface area (Å²) in [6.45, 7) is 1.03. The number of rotatable bonds is 6. The Morgan fingerprint density at radius 2 is 1.97 bits per heavy atom. The fourth-order valence-corrected chi connectivity index (χ4v) is 6.06. The van der Waals surface area contributed by atoms with Crippen molar-refractivity contribution in [2.45, 2.75) is 29.8 Å². The molecular weight excluding hydrogens is 474 g/mol. The second-order valence-electron chi connectivity index (χ2n) is 8.11. The minimum absolute atomic E-state index is 0.0126. The van der Waals surface area contributed by atoms with Gasteiger partial charge in [0.2, 0.25) is 0 Å². The molecule has 0 saturated carbocycles. The molecule has 1 saturated heterocycles. The van der Waals surface area contributed by atoms with Gasteiger partial charge in [0.25, 0.3) is 5.91 Å². The Hall–Kier alpha value is -2.66. The standard InChI is InChI=1S/C23H23N5O2S3/c24-22-26-17(13-31-22)12-23(30)8-10-28(11-9-23)21(29)15-4-6-16(7-5-15)27-33-19-3-1-2-18-20(19)25-14-32-18/h1-7,13-14,27,30H,8-12H2,(H2,24,26). The highest BCUT2D eigenvalue weighted by Crippen LogP contribution is 2.31. The van der Waals surface area contributed by atoms with E-state index in [1.54, 1.807) is 11.3 Å². The molecule has 170 valence electrons. The van der Waals surface area contributed by atoms with Crippen molar-refractivity contribution in [3.05, 3.63) is 64.6 Å². The number of piperidine rings is 1. The molecule has 2 aromatic heterocycles. The third kappa shape index (κ3) is 4.98. The number of nitrogens with two attached hydrogens (primary N) is 1. The SMILES string of the molecule is Nc1nc(CC2(O)CCN(C(=O)c3ccc(NSc4cccc5scnc45)cc3)CC2)cs1. The predicted octanol–water partition coefficient (Wildman–Crippen LogP) is 4.66. The van der Waals surface area contributed by atoms with Crippen molar-refractivity contribution in [1.82, 2.24) is 14.9 Å². The first-order chi connectivity index (χ1) is 16.0. The lowest BCUT2D eigenvalue weighted by Crippen LogP contribution is -2.47. The lowest BCUT2D eigenvalue weighted by atomic mass is 9.87. The van der Waals surface area contributed by atoms with E-state index in [0.717, 1.165) is 26.5 Å². The van der Waals surface area contributed by atoms with E-state index in [4.69, 9.17) is 5.73 Å². The maximum atomic E-state index is 13.0. The van der Waals surface area contributed by atoms with E-state index in [0.29, 0.717) is 43.0 Å². The molecule has 1 aliphatic rings. The Morgan fingerprint density at radius 3 is 2.70 bits per heavy atom. The molecule has 10 heteroatoms. The van der Waals surface area contributed by atoms with Crippen LogP contribution in [-0.2, 0) is 6.42 Å². The van der Waals surface area contributed by atoms with Crippen LogP contribution < -0.4 is 10.5 Å². The van der Waals surface area contributed by atoms with Crippen LogP contribution in [0.15, 0.2) is 58.3 Å². The lowest BCUT2D eigenvalue weighted by Gasteiger charge is -2.38. The Bertz CT molecular complexity index is 1260. The number of thiazole rings is 2. The number of nitrogen functional groups attached to an aromatic ring is 1. The van der Waals surface area contributed by atoms with E-state index in [9.17, 15) is 9.90 Å². The highest BCUT2D eigenvalue weighted by atomic mass is 32.2. The highest BCUT2D eigenvalue weighted by molar-refractivity contribution is 8.00.